The van der Waals surface area contributed by atoms with Gasteiger partial charge in [-0.15, -0.1) is 0 Å². The van der Waals surface area contributed by atoms with Gasteiger partial charge in [0.15, 0.2) is 11.5 Å². The molecule has 0 saturated heterocycles. The number of benzene rings is 2. The second-order valence-electron chi connectivity index (χ2n) is 5.83. The van der Waals surface area contributed by atoms with Gasteiger partial charge in [0, 0.05) is 23.7 Å². The van der Waals surface area contributed by atoms with Crippen LogP contribution in [0.5, 0.6) is 17.2 Å². The average Bonchev–Trinajstić information content (AvgIpc) is 2.70. The smallest absolute Gasteiger partial charge is 0.253 e. The minimum absolute atomic E-state index is 0.102. The molecule has 27 heavy (non-hydrogen) atoms. The molecule has 140 valence electrons. The average molecular weight is 368 g/mol. The topological polar surface area (TPSA) is 89.7 Å². The third-order valence-electron chi connectivity index (χ3n) is 4.22. The van der Waals surface area contributed by atoms with Gasteiger partial charge in [0.1, 0.15) is 5.75 Å². The van der Waals surface area contributed by atoms with E-state index in [4.69, 9.17) is 14.2 Å². The van der Waals surface area contributed by atoms with Crippen molar-refractivity contribution in [2.75, 3.05) is 21.3 Å². The molecule has 0 saturated carbocycles. The van der Waals surface area contributed by atoms with Crippen LogP contribution in [0, 0.1) is 0 Å². The Morgan fingerprint density at radius 1 is 0.963 bits per heavy atom. The van der Waals surface area contributed by atoms with Crippen molar-refractivity contribution in [1.29, 1.82) is 0 Å². The van der Waals surface area contributed by atoms with Crippen molar-refractivity contribution in [3.63, 3.8) is 0 Å². The van der Waals surface area contributed by atoms with E-state index >= 15 is 0 Å². The number of hydrogen-bond acceptors (Lipinski definition) is 5. The predicted octanol–water partition coefficient (Wildman–Crippen LogP) is 2.48. The van der Waals surface area contributed by atoms with Crippen molar-refractivity contribution >= 4 is 16.8 Å². The normalized spacial score (nSPS) is 10.5. The Balaban J connectivity index is 1.79. The fourth-order valence-corrected chi connectivity index (χ4v) is 2.74. The molecule has 3 rings (SSSR count). The minimum atomic E-state index is -0.315. The monoisotopic (exact) mass is 368 g/mol. The van der Waals surface area contributed by atoms with Crippen molar-refractivity contribution in [2.45, 2.75) is 6.54 Å². The summed E-state index contributed by atoms with van der Waals surface area (Å²) >= 11 is 0. The Morgan fingerprint density at radius 2 is 1.74 bits per heavy atom. The number of nitrogens with one attached hydrogen (secondary N) is 2. The molecule has 0 aliphatic carbocycles. The van der Waals surface area contributed by atoms with Crippen LogP contribution in [0.1, 0.15) is 15.9 Å². The molecule has 0 aliphatic rings. The number of fused-ring (bicyclic) bond motifs is 1. The molecule has 0 unspecified atom stereocenters. The molecule has 7 heteroatoms. The molecule has 2 N–H and O–H groups in total. The first-order chi connectivity index (χ1) is 13.0. The number of H-pyrrole nitrogens is 1. The number of hydrogen-bond donors (Lipinski definition) is 2. The molecule has 1 aromatic heterocycles. The van der Waals surface area contributed by atoms with Gasteiger partial charge >= 0.3 is 0 Å². The summed E-state index contributed by atoms with van der Waals surface area (Å²) < 4.78 is 15.5. The molecule has 0 atom stereocenters. The quantitative estimate of drug-likeness (QED) is 0.698. The first-order valence-electron chi connectivity index (χ1n) is 8.26. The van der Waals surface area contributed by atoms with Crippen LogP contribution in [0.4, 0.5) is 0 Å². The molecule has 0 spiro atoms. The lowest BCUT2D eigenvalue weighted by Gasteiger charge is -2.10. The van der Waals surface area contributed by atoms with Crippen molar-refractivity contribution in [3.05, 3.63) is 63.9 Å². The van der Waals surface area contributed by atoms with Crippen LogP contribution in [0.25, 0.3) is 10.9 Å². The number of aromatic nitrogens is 1. The van der Waals surface area contributed by atoms with Crippen LogP contribution in [0.3, 0.4) is 0 Å². The van der Waals surface area contributed by atoms with Gasteiger partial charge in [-0.2, -0.15) is 0 Å². The molecule has 0 fully saturated rings. The summed E-state index contributed by atoms with van der Waals surface area (Å²) in [4.78, 5) is 27.5. The number of amides is 1. The molecule has 7 nitrogen and oxygen atoms in total. The van der Waals surface area contributed by atoms with E-state index in [1.165, 1.54) is 14.2 Å². The third kappa shape index (κ3) is 3.87. The highest BCUT2D eigenvalue weighted by atomic mass is 16.5. The van der Waals surface area contributed by atoms with Crippen LogP contribution in [0.15, 0.2) is 47.3 Å². The van der Waals surface area contributed by atoms with E-state index in [1.807, 2.05) is 12.1 Å². The molecule has 3 aromatic rings. The Hall–Kier alpha value is -3.48. The molecule has 0 bridgehead atoms. The Labute approximate surface area is 155 Å². The maximum absolute atomic E-state index is 12.4. The van der Waals surface area contributed by atoms with Gasteiger partial charge in [0.05, 0.1) is 26.8 Å². The second kappa shape index (κ2) is 7.82. The zero-order valence-corrected chi connectivity index (χ0v) is 15.3. The zero-order valence-electron chi connectivity index (χ0n) is 15.3. The van der Waals surface area contributed by atoms with Gasteiger partial charge in [-0.3, -0.25) is 9.59 Å². The predicted molar refractivity (Wildman–Crippen MR) is 102 cm³/mol. The fourth-order valence-electron chi connectivity index (χ4n) is 2.74. The van der Waals surface area contributed by atoms with Gasteiger partial charge in [-0.1, -0.05) is 0 Å². The first-order valence-corrected chi connectivity index (χ1v) is 8.26. The van der Waals surface area contributed by atoms with Crippen LogP contribution >= 0.6 is 0 Å². The summed E-state index contributed by atoms with van der Waals surface area (Å²) in [6.45, 7) is 0.102. The summed E-state index contributed by atoms with van der Waals surface area (Å²) in [6.07, 6.45) is 0. The third-order valence-corrected chi connectivity index (χ3v) is 4.22. The summed E-state index contributed by atoms with van der Waals surface area (Å²) in [5.41, 5.74) is 1.29. The Bertz CT molecular complexity index is 1040. The number of ether oxygens (including phenoxy) is 3. The van der Waals surface area contributed by atoms with Crippen molar-refractivity contribution in [3.8, 4) is 17.2 Å². The SMILES string of the molecule is COc1ccc2cc(CNC(=O)c3ccc(OC)c(OC)c3)c(=O)[nH]c2c1. The van der Waals surface area contributed by atoms with Gasteiger partial charge < -0.3 is 24.5 Å². The maximum Gasteiger partial charge on any atom is 0.253 e. The van der Waals surface area contributed by atoms with Gasteiger partial charge in [-0.25, -0.2) is 0 Å². The number of pyridine rings is 1. The molecular formula is C20H20N2O5. The zero-order chi connectivity index (χ0) is 19.4. The molecule has 1 heterocycles. The standard InChI is InChI=1S/C20H20N2O5/c1-25-15-6-4-12-8-14(20(24)22-16(12)10-15)11-21-19(23)13-5-7-17(26-2)18(9-13)27-3/h4-10H,11H2,1-3H3,(H,21,23)(H,22,24). The van der Waals surface area contributed by atoms with E-state index in [2.05, 4.69) is 10.3 Å². The lowest BCUT2D eigenvalue weighted by molar-refractivity contribution is 0.0950. The summed E-state index contributed by atoms with van der Waals surface area (Å²) in [5.74, 6) is 1.34. The van der Waals surface area contributed by atoms with Crippen molar-refractivity contribution in [1.82, 2.24) is 10.3 Å². The van der Waals surface area contributed by atoms with E-state index in [1.54, 1.807) is 37.4 Å². The van der Waals surface area contributed by atoms with Crippen LogP contribution in [0.2, 0.25) is 0 Å². The van der Waals surface area contributed by atoms with E-state index in [0.29, 0.717) is 33.9 Å². The number of aromatic amines is 1. The van der Waals surface area contributed by atoms with E-state index in [-0.39, 0.29) is 18.0 Å². The van der Waals surface area contributed by atoms with E-state index < -0.39 is 0 Å². The first kappa shape index (κ1) is 18.3. The van der Waals surface area contributed by atoms with Crippen molar-refractivity contribution < 1.29 is 19.0 Å². The van der Waals surface area contributed by atoms with Crippen molar-refractivity contribution in [2.24, 2.45) is 0 Å². The van der Waals surface area contributed by atoms with Crippen LogP contribution in [-0.4, -0.2) is 32.2 Å². The van der Waals surface area contributed by atoms with Crippen LogP contribution in [-0.2, 0) is 6.54 Å². The molecule has 0 radical (unpaired) electrons. The second-order valence-corrected chi connectivity index (χ2v) is 5.83. The number of methoxy groups -OCH3 is 3. The van der Waals surface area contributed by atoms with Gasteiger partial charge in [-0.05, 0) is 41.8 Å². The molecule has 2 aromatic carbocycles. The van der Waals surface area contributed by atoms with Gasteiger partial charge in [0.25, 0.3) is 11.5 Å². The van der Waals surface area contributed by atoms with E-state index in [9.17, 15) is 9.59 Å². The number of rotatable bonds is 6. The van der Waals surface area contributed by atoms with Gasteiger partial charge in [0.2, 0.25) is 0 Å². The fraction of sp³-hybridized carbons (Fsp3) is 0.200. The lowest BCUT2D eigenvalue weighted by Crippen LogP contribution is -2.26. The Morgan fingerprint density at radius 3 is 2.44 bits per heavy atom. The summed E-state index contributed by atoms with van der Waals surface area (Å²) in [5, 5.41) is 3.60. The van der Waals surface area contributed by atoms with Crippen LogP contribution < -0.4 is 25.1 Å². The largest absolute Gasteiger partial charge is 0.497 e. The molecular weight excluding hydrogens is 348 g/mol. The summed E-state index contributed by atoms with van der Waals surface area (Å²) in [7, 11) is 4.60. The number of carbonyl (C=O) groups excluding carboxylic acids is 1. The maximum atomic E-state index is 12.4. The highest BCUT2D eigenvalue weighted by Gasteiger charge is 2.12. The molecule has 1 amide bonds. The lowest BCUT2D eigenvalue weighted by atomic mass is 10.1. The Kier molecular flexibility index (Phi) is 5.30. The highest BCUT2D eigenvalue weighted by molar-refractivity contribution is 5.95. The molecule has 0 aliphatic heterocycles. The number of carbonyl (C=O) groups is 1. The van der Waals surface area contributed by atoms with E-state index in [0.717, 1.165) is 5.39 Å². The highest BCUT2D eigenvalue weighted by Crippen LogP contribution is 2.27. The summed E-state index contributed by atoms with van der Waals surface area (Å²) in [6, 6.07) is 12.0. The minimum Gasteiger partial charge on any atom is -0.497 e.